The van der Waals surface area contributed by atoms with Crippen molar-refractivity contribution >= 4 is 10.1 Å². The third-order valence-corrected chi connectivity index (χ3v) is 4.29. The van der Waals surface area contributed by atoms with Crippen molar-refractivity contribution in [1.82, 2.24) is 19.7 Å². The van der Waals surface area contributed by atoms with Crippen molar-refractivity contribution in [3.63, 3.8) is 0 Å². The highest BCUT2D eigenvalue weighted by atomic mass is 32.2. The van der Waals surface area contributed by atoms with E-state index in [1.54, 1.807) is 0 Å². The molecule has 0 spiro atoms. The van der Waals surface area contributed by atoms with E-state index in [1.807, 2.05) is 0 Å². The molecule has 7 nitrogen and oxygen atoms in total. The average Bonchev–Trinajstić information content (AvgIpc) is 3.02. The number of hydrogen-bond acceptors (Lipinski definition) is 5. The number of hydrogen-bond donors (Lipinski definition) is 1. The van der Waals surface area contributed by atoms with Gasteiger partial charge in [-0.2, -0.15) is 21.6 Å². The van der Waals surface area contributed by atoms with Gasteiger partial charge in [-0.25, -0.2) is 19.0 Å². The second-order valence-corrected chi connectivity index (χ2v) is 6.83. The van der Waals surface area contributed by atoms with Crippen LogP contribution in [0.25, 0.3) is 17.1 Å². The van der Waals surface area contributed by atoms with E-state index >= 15 is 0 Å². The lowest BCUT2D eigenvalue weighted by Crippen LogP contribution is -2.09. The summed E-state index contributed by atoms with van der Waals surface area (Å²) in [5.41, 5.74) is 0.251. The highest BCUT2D eigenvalue weighted by molar-refractivity contribution is 7.85. The summed E-state index contributed by atoms with van der Waals surface area (Å²) in [6, 6.07) is 5.73. The highest BCUT2D eigenvalue weighted by Crippen LogP contribution is 2.30. The van der Waals surface area contributed by atoms with Crippen molar-refractivity contribution in [2.75, 3.05) is 0 Å². The van der Waals surface area contributed by atoms with Gasteiger partial charge in [-0.15, -0.1) is 5.10 Å². The molecule has 0 saturated carbocycles. The van der Waals surface area contributed by atoms with E-state index < -0.39 is 33.0 Å². The summed E-state index contributed by atoms with van der Waals surface area (Å²) in [7, 11) is -4.58. The molecule has 2 aromatic heterocycles. The Morgan fingerprint density at radius 3 is 2.37 bits per heavy atom. The van der Waals surface area contributed by atoms with Crippen molar-refractivity contribution in [1.29, 1.82) is 0 Å². The van der Waals surface area contributed by atoms with Crippen LogP contribution in [0.1, 0.15) is 11.4 Å². The fourth-order valence-electron chi connectivity index (χ4n) is 2.18. The van der Waals surface area contributed by atoms with Crippen molar-refractivity contribution in [2.45, 2.75) is 18.1 Å². The maximum atomic E-state index is 13.8. The molecule has 0 fully saturated rings. The molecule has 0 aliphatic rings. The Bertz CT molecular complexity index is 1110. The van der Waals surface area contributed by atoms with Gasteiger partial charge in [-0.05, 0) is 30.7 Å². The number of pyridine rings is 1. The van der Waals surface area contributed by atoms with Crippen LogP contribution in [0.3, 0.4) is 0 Å². The molecule has 3 rings (SSSR count). The minimum atomic E-state index is -4.86. The fraction of sp³-hybridized carbons (Fsp3) is 0.133. The van der Waals surface area contributed by atoms with E-state index in [0.29, 0.717) is 5.56 Å². The van der Waals surface area contributed by atoms with Crippen LogP contribution in [-0.2, 0) is 16.3 Å². The molecule has 142 valence electrons. The lowest BCUT2D eigenvalue weighted by molar-refractivity contribution is -0.144. The lowest BCUT2D eigenvalue weighted by Gasteiger charge is -2.07. The van der Waals surface area contributed by atoms with Gasteiger partial charge in [0.05, 0.1) is 11.9 Å². The molecule has 0 amide bonds. The number of rotatable bonds is 3. The van der Waals surface area contributed by atoms with Gasteiger partial charge in [-0.3, -0.25) is 4.55 Å². The van der Waals surface area contributed by atoms with E-state index in [9.17, 15) is 26.0 Å². The Balaban J connectivity index is 2.19. The summed E-state index contributed by atoms with van der Waals surface area (Å²) in [5.74, 6) is -2.42. The quantitative estimate of drug-likeness (QED) is 0.534. The summed E-state index contributed by atoms with van der Waals surface area (Å²) in [5, 5.41) is 2.69. The van der Waals surface area contributed by atoms with Gasteiger partial charge in [0.1, 0.15) is 5.82 Å². The lowest BCUT2D eigenvalue weighted by atomic mass is 10.1. The standard InChI is InChI=1S/C15H10F4N4O3S/c1-8-2-3-9(6-11(8)16)13-21-14(15(17,18)19)22-23(13)10-4-5-12(20-7-10)27(24,25)26/h2-7H,1H3,(H,24,25,26). The number of aryl methyl sites for hydroxylation is 1. The van der Waals surface area contributed by atoms with E-state index in [-0.39, 0.29) is 17.1 Å². The van der Waals surface area contributed by atoms with Gasteiger partial charge in [0.25, 0.3) is 5.82 Å². The smallest absolute Gasteiger partial charge is 0.281 e. The zero-order chi connectivity index (χ0) is 20.0. The van der Waals surface area contributed by atoms with Crippen LogP contribution in [0.4, 0.5) is 17.6 Å². The molecule has 0 radical (unpaired) electrons. The van der Waals surface area contributed by atoms with Crippen LogP contribution in [0, 0.1) is 12.7 Å². The van der Waals surface area contributed by atoms with Crippen molar-refractivity contribution < 1.29 is 30.5 Å². The molecule has 12 heteroatoms. The zero-order valence-electron chi connectivity index (χ0n) is 13.4. The molecular weight excluding hydrogens is 392 g/mol. The predicted octanol–water partition coefficient (Wildman–Crippen LogP) is 3.04. The fourth-order valence-corrected chi connectivity index (χ4v) is 2.61. The van der Waals surface area contributed by atoms with E-state index in [4.69, 9.17) is 4.55 Å². The number of aromatic nitrogens is 4. The molecule has 0 saturated heterocycles. The molecule has 0 aliphatic heterocycles. The van der Waals surface area contributed by atoms with E-state index in [0.717, 1.165) is 29.1 Å². The Kier molecular flexibility index (Phi) is 4.48. The Hall–Kier alpha value is -2.86. The minimum Gasteiger partial charge on any atom is -0.281 e. The summed E-state index contributed by atoms with van der Waals surface area (Å²) >= 11 is 0. The van der Waals surface area contributed by atoms with Crippen LogP contribution in [-0.4, -0.2) is 32.7 Å². The maximum Gasteiger partial charge on any atom is 0.453 e. The van der Waals surface area contributed by atoms with Crippen molar-refractivity contribution in [3.05, 3.63) is 53.7 Å². The topological polar surface area (TPSA) is 98.0 Å². The molecule has 1 aromatic carbocycles. The largest absolute Gasteiger partial charge is 0.453 e. The zero-order valence-corrected chi connectivity index (χ0v) is 14.3. The van der Waals surface area contributed by atoms with Crippen LogP contribution in [0.15, 0.2) is 41.6 Å². The Morgan fingerprint density at radius 2 is 1.85 bits per heavy atom. The monoisotopic (exact) mass is 402 g/mol. The molecule has 27 heavy (non-hydrogen) atoms. The summed E-state index contributed by atoms with van der Waals surface area (Å²) < 4.78 is 84.7. The summed E-state index contributed by atoms with van der Waals surface area (Å²) in [4.78, 5) is 6.92. The normalized spacial score (nSPS) is 12.4. The Labute approximate surface area is 150 Å². The van der Waals surface area contributed by atoms with Crippen molar-refractivity contribution in [3.8, 4) is 17.1 Å². The summed E-state index contributed by atoms with van der Waals surface area (Å²) in [6.07, 6.45) is -3.96. The maximum absolute atomic E-state index is 13.8. The molecule has 0 atom stereocenters. The van der Waals surface area contributed by atoms with E-state index in [1.165, 1.54) is 19.1 Å². The first-order valence-corrected chi connectivity index (χ1v) is 8.65. The van der Waals surface area contributed by atoms with Crippen LogP contribution in [0.2, 0.25) is 0 Å². The first kappa shape index (κ1) is 18.9. The first-order valence-electron chi connectivity index (χ1n) is 7.21. The highest BCUT2D eigenvalue weighted by Gasteiger charge is 2.37. The van der Waals surface area contributed by atoms with Crippen LogP contribution >= 0.6 is 0 Å². The van der Waals surface area contributed by atoms with Crippen LogP contribution < -0.4 is 0 Å². The van der Waals surface area contributed by atoms with Crippen LogP contribution in [0.5, 0.6) is 0 Å². The number of halogens is 4. The molecule has 1 N–H and O–H groups in total. The number of benzene rings is 1. The van der Waals surface area contributed by atoms with Gasteiger partial charge in [-0.1, -0.05) is 12.1 Å². The van der Waals surface area contributed by atoms with Gasteiger partial charge < -0.3 is 0 Å². The molecule has 0 bridgehead atoms. The SMILES string of the molecule is Cc1ccc(-c2nc(C(F)(F)F)nn2-c2ccc(S(=O)(=O)O)nc2)cc1F. The predicted molar refractivity (Wildman–Crippen MR) is 84.1 cm³/mol. The van der Waals surface area contributed by atoms with E-state index in [2.05, 4.69) is 15.1 Å². The van der Waals surface area contributed by atoms with Gasteiger partial charge >= 0.3 is 16.3 Å². The molecule has 0 aliphatic carbocycles. The number of nitrogens with zero attached hydrogens (tertiary/aromatic N) is 4. The number of alkyl halides is 3. The minimum absolute atomic E-state index is 0.0277. The third-order valence-electron chi connectivity index (χ3n) is 3.52. The van der Waals surface area contributed by atoms with Gasteiger partial charge in [0, 0.05) is 5.56 Å². The second kappa shape index (κ2) is 6.39. The first-order chi connectivity index (χ1) is 12.5. The summed E-state index contributed by atoms with van der Waals surface area (Å²) in [6.45, 7) is 1.49. The molecule has 3 aromatic rings. The molecule has 0 unspecified atom stereocenters. The van der Waals surface area contributed by atoms with Gasteiger partial charge in [0.2, 0.25) is 0 Å². The second-order valence-electron chi connectivity index (χ2n) is 5.46. The van der Waals surface area contributed by atoms with Crippen molar-refractivity contribution in [2.24, 2.45) is 0 Å². The Morgan fingerprint density at radius 1 is 1.15 bits per heavy atom. The third kappa shape index (κ3) is 3.80. The molecule has 2 heterocycles. The molecular formula is C15H10F4N4O3S. The average molecular weight is 402 g/mol. The van der Waals surface area contributed by atoms with Gasteiger partial charge in [0.15, 0.2) is 10.9 Å².